The van der Waals surface area contributed by atoms with Crippen molar-refractivity contribution in [3.8, 4) is 0 Å². The second kappa shape index (κ2) is 6.53. The van der Waals surface area contributed by atoms with Crippen molar-refractivity contribution in [2.75, 3.05) is 19.6 Å². The van der Waals surface area contributed by atoms with Gasteiger partial charge in [0.1, 0.15) is 0 Å². The van der Waals surface area contributed by atoms with E-state index in [1.54, 1.807) is 0 Å². The zero-order valence-electron chi connectivity index (χ0n) is 11.0. The van der Waals surface area contributed by atoms with E-state index < -0.39 is 0 Å². The minimum atomic E-state index is 0.141. The minimum Gasteiger partial charge on any atom is -0.330 e. The largest absolute Gasteiger partial charge is 0.330 e. The Bertz CT molecular complexity index is 361. The standard InChI is InChI=1S/C14H23BrN2/c1-11-5-6-12(15)9-13(11)14(2,3)10-17-8-4-7-16/h5-6,9,17H,4,7-8,10,16H2,1-3H3. The Labute approximate surface area is 113 Å². The Morgan fingerprint density at radius 2 is 2.06 bits per heavy atom. The lowest BCUT2D eigenvalue weighted by molar-refractivity contribution is 0.465. The van der Waals surface area contributed by atoms with Crippen molar-refractivity contribution < 1.29 is 0 Å². The summed E-state index contributed by atoms with van der Waals surface area (Å²) in [5, 5.41) is 3.48. The summed E-state index contributed by atoms with van der Waals surface area (Å²) in [4.78, 5) is 0. The van der Waals surface area contributed by atoms with Crippen molar-refractivity contribution >= 4 is 15.9 Å². The van der Waals surface area contributed by atoms with Gasteiger partial charge in [0.25, 0.3) is 0 Å². The van der Waals surface area contributed by atoms with Crippen LogP contribution in [0.3, 0.4) is 0 Å². The third-order valence-electron chi connectivity index (χ3n) is 3.05. The molecule has 0 aliphatic carbocycles. The average molecular weight is 299 g/mol. The normalized spacial score (nSPS) is 11.8. The van der Waals surface area contributed by atoms with E-state index in [4.69, 9.17) is 5.73 Å². The molecule has 1 rings (SSSR count). The summed E-state index contributed by atoms with van der Waals surface area (Å²) >= 11 is 3.54. The Morgan fingerprint density at radius 3 is 2.71 bits per heavy atom. The summed E-state index contributed by atoms with van der Waals surface area (Å²) in [5.41, 5.74) is 8.37. The molecule has 3 heteroatoms. The minimum absolute atomic E-state index is 0.141. The molecular weight excluding hydrogens is 276 g/mol. The Morgan fingerprint density at radius 1 is 1.35 bits per heavy atom. The van der Waals surface area contributed by atoms with Gasteiger partial charge in [0, 0.05) is 16.4 Å². The van der Waals surface area contributed by atoms with Gasteiger partial charge in [0.05, 0.1) is 0 Å². The monoisotopic (exact) mass is 298 g/mol. The van der Waals surface area contributed by atoms with Crippen molar-refractivity contribution in [3.63, 3.8) is 0 Å². The van der Waals surface area contributed by atoms with Crippen molar-refractivity contribution in [1.82, 2.24) is 5.32 Å². The molecule has 3 N–H and O–H groups in total. The molecule has 0 aromatic heterocycles. The van der Waals surface area contributed by atoms with E-state index in [1.165, 1.54) is 11.1 Å². The number of halogens is 1. The summed E-state index contributed by atoms with van der Waals surface area (Å²) in [7, 11) is 0. The van der Waals surface area contributed by atoms with E-state index in [0.717, 1.165) is 30.5 Å². The number of rotatable bonds is 6. The molecule has 0 aliphatic rings. The maximum atomic E-state index is 5.49. The van der Waals surface area contributed by atoms with E-state index in [2.05, 4.69) is 60.2 Å². The van der Waals surface area contributed by atoms with Crippen molar-refractivity contribution in [3.05, 3.63) is 33.8 Å². The number of hydrogen-bond acceptors (Lipinski definition) is 2. The van der Waals surface area contributed by atoms with Gasteiger partial charge < -0.3 is 11.1 Å². The Balaban J connectivity index is 2.71. The molecule has 0 bridgehead atoms. The molecule has 0 heterocycles. The van der Waals surface area contributed by atoms with Gasteiger partial charge >= 0.3 is 0 Å². The van der Waals surface area contributed by atoms with E-state index in [9.17, 15) is 0 Å². The van der Waals surface area contributed by atoms with Crippen molar-refractivity contribution in [2.45, 2.75) is 32.6 Å². The molecule has 0 fully saturated rings. The molecular formula is C14H23BrN2. The lowest BCUT2D eigenvalue weighted by Gasteiger charge is -2.28. The molecule has 0 atom stereocenters. The van der Waals surface area contributed by atoms with E-state index in [0.29, 0.717) is 0 Å². The van der Waals surface area contributed by atoms with Crippen LogP contribution < -0.4 is 11.1 Å². The maximum absolute atomic E-state index is 5.49. The van der Waals surface area contributed by atoms with Crippen LogP contribution >= 0.6 is 15.9 Å². The SMILES string of the molecule is Cc1ccc(Br)cc1C(C)(C)CNCCCN. The van der Waals surface area contributed by atoms with Crippen LogP contribution in [-0.4, -0.2) is 19.6 Å². The number of hydrogen-bond donors (Lipinski definition) is 2. The van der Waals surface area contributed by atoms with Crippen LogP contribution in [0, 0.1) is 6.92 Å². The Kier molecular flexibility index (Phi) is 5.63. The van der Waals surface area contributed by atoms with Gasteiger partial charge in [-0.15, -0.1) is 0 Å². The molecule has 0 saturated carbocycles. The molecule has 0 unspecified atom stereocenters. The first-order valence-electron chi connectivity index (χ1n) is 6.15. The predicted molar refractivity (Wildman–Crippen MR) is 78.4 cm³/mol. The molecule has 2 nitrogen and oxygen atoms in total. The Hall–Kier alpha value is -0.380. The summed E-state index contributed by atoms with van der Waals surface area (Å²) in [6.07, 6.45) is 1.04. The van der Waals surface area contributed by atoms with Crippen LogP contribution in [0.2, 0.25) is 0 Å². The lowest BCUT2D eigenvalue weighted by Crippen LogP contribution is -2.34. The number of nitrogens with two attached hydrogens (primary N) is 1. The van der Waals surface area contributed by atoms with Crippen molar-refractivity contribution in [1.29, 1.82) is 0 Å². The van der Waals surface area contributed by atoms with E-state index in [1.807, 2.05) is 0 Å². The van der Waals surface area contributed by atoms with Crippen LogP contribution in [0.25, 0.3) is 0 Å². The molecule has 0 amide bonds. The second-order valence-electron chi connectivity index (χ2n) is 5.16. The lowest BCUT2D eigenvalue weighted by atomic mass is 9.82. The fourth-order valence-electron chi connectivity index (χ4n) is 2.05. The van der Waals surface area contributed by atoms with Gasteiger partial charge in [-0.2, -0.15) is 0 Å². The van der Waals surface area contributed by atoms with Crippen LogP contribution in [0.4, 0.5) is 0 Å². The maximum Gasteiger partial charge on any atom is 0.0178 e. The van der Waals surface area contributed by atoms with Gasteiger partial charge in [0.2, 0.25) is 0 Å². The molecule has 1 aromatic rings. The average Bonchev–Trinajstić information content (AvgIpc) is 2.28. The van der Waals surface area contributed by atoms with Gasteiger partial charge in [-0.25, -0.2) is 0 Å². The first kappa shape index (κ1) is 14.7. The zero-order chi connectivity index (χ0) is 12.9. The van der Waals surface area contributed by atoms with E-state index >= 15 is 0 Å². The summed E-state index contributed by atoms with van der Waals surface area (Å²) in [6, 6.07) is 6.48. The molecule has 17 heavy (non-hydrogen) atoms. The smallest absolute Gasteiger partial charge is 0.0178 e. The number of benzene rings is 1. The predicted octanol–water partition coefficient (Wildman–Crippen LogP) is 2.97. The van der Waals surface area contributed by atoms with Crippen LogP contribution in [0.1, 0.15) is 31.4 Å². The van der Waals surface area contributed by atoms with Crippen molar-refractivity contribution in [2.24, 2.45) is 5.73 Å². The molecule has 0 spiro atoms. The highest BCUT2D eigenvalue weighted by molar-refractivity contribution is 9.10. The molecule has 0 aliphatic heterocycles. The molecule has 0 radical (unpaired) electrons. The topological polar surface area (TPSA) is 38.0 Å². The zero-order valence-corrected chi connectivity index (χ0v) is 12.6. The van der Waals surface area contributed by atoms with Gasteiger partial charge in [-0.3, -0.25) is 0 Å². The van der Waals surface area contributed by atoms with Crippen LogP contribution in [0.5, 0.6) is 0 Å². The quantitative estimate of drug-likeness (QED) is 0.793. The van der Waals surface area contributed by atoms with Crippen LogP contribution in [-0.2, 0) is 5.41 Å². The summed E-state index contributed by atoms with van der Waals surface area (Å²) in [6.45, 7) is 9.44. The first-order valence-corrected chi connectivity index (χ1v) is 6.94. The van der Waals surface area contributed by atoms with Gasteiger partial charge in [-0.05, 0) is 49.7 Å². The summed E-state index contributed by atoms with van der Waals surface area (Å²) < 4.78 is 1.15. The third kappa shape index (κ3) is 4.41. The fourth-order valence-corrected chi connectivity index (χ4v) is 2.41. The number of aryl methyl sites for hydroxylation is 1. The highest BCUT2D eigenvalue weighted by Gasteiger charge is 2.22. The third-order valence-corrected chi connectivity index (χ3v) is 3.55. The highest BCUT2D eigenvalue weighted by atomic mass is 79.9. The first-order chi connectivity index (χ1) is 7.97. The molecule has 0 saturated heterocycles. The van der Waals surface area contributed by atoms with Gasteiger partial charge in [0.15, 0.2) is 0 Å². The number of nitrogens with one attached hydrogen (secondary N) is 1. The van der Waals surface area contributed by atoms with Gasteiger partial charge in [-0.1, -0.05) is 35.8 Å². The highest BCUT2D eigenvalue weighted by Crippen LogP contribution is 2.28. The van der Waals surface area contributed by atoms with Crippen LogP contribution in [0.15, 0.2) is 22.7 Å². The fraction of sp³-hybridized carbons (Fsp3) is 0.571. The second-order valence-corrected chi connectivity index (χ2v) is 6.08. The summed E-state index contributed by atoms with van der Waals surface area (Å²) in [5.74, 6) is 0. The van der Waals surface area contributed by atoms with E-state index in [-0.39, 0.29) is 5.41 Å². The molecule has 1 aromatic carbocycles. The molecule has 96 valence electrons.